The molecule has 0 radical (unpaired) electrons. The predicted octanol–water partition coefficient (Wildman–Crippen LogP) is 2.65. The lowest BCUT2D eigenvalue weighted by Gasteiger charge is -1.86. The molecule has 4 nitrogen and oxygen atoms in total. The summed E-state index contributed by atoms with van der Waals surface area (Å²) < 4.78 is 0. The van der Waals surface area contributed by atoms with E-state index in [4.69, 9.17) is 5.53 Å². The van der Waals surface area contributed by atoms with Gasteiger partial charge in [-0.05, 0) is 12.0 Å². The Bertz CT molecular complexity index is 85.0. The van der Waals surface area contributed by atoms with Gasteiger partial charge in [0.25, 0.3) is 0 Å². The number of unbranched alkanes of at least 4 members (excludes halogenated alkanes) is 2. The Balaban J connectivity index is 0. The largest absolute Gasteiger partial charge is 0.344 e. The lowest BCUT2D eigenvalue weighted by molar-refractivity contribution is 0.725. The third-order valence-corrected chi connectivity index (χ3v) is 0.925. The third kappa shape index (κ3) is 11.1. The van der Waals surface area contributed by atoms with Crippen molar-refractivity contribution in [3.63, 3.8) is 0 Å². The number of hydrogen-bond donors (Lipinski definition) is 1. The monoisotopic (exact) mass is 130 g/mol. The van der Waals surface area contributed by atoms with Gasteiger partial charge >= 0.3 is 0 Å². The van der Waals surface area contributed by atoms with Gasteiger partial charge in [-0.2, -0.15) is 0 Å². The van der Waals surface area contributed by atoms with Crippen LogP contribution >= 0.6 is 0 Å². The Kier molecular flexibility index (Phi) is 12.7. The molecule has 0 heterocycles. The maximum atomic E-state index is 7.82. The zero-order chi connectivity index (χ0) is 6.24. The van der Waals surface area contributed by atoms with Gasteiger partial charge in [0.1, 0.15) is 0 Å². The van der Waals surface area contributed by atoms with E-state index in [2.05, 4.69) is 16.9 Å². The smallest absolute Gasteiger partial charge is 0.0257 e. The van der Waals surface area contributed by atoms with E-state index < -0.39 is 0 Å². The fourth-order valence-electron chi connectivity index (χ4n) is 0.477. The number of azide groups is 1. The molecule has 0 atom stereocenters. The third-order valence-electron chi connectivity index (χ3n) is 0.925. The van der Waals surface area contributed by atoms with Gasteiger partial charge in [0, 0.05) is 11.5 Å². The first-order valence-corrected chi connectivity index (χ1v) is 2.92. The van der Waals surface area contributed by atoms with E-state index in [-0.39, 0.29) is 6.15 Å². The molecule has 0 aromatic rings. The molecule has 0 aliphatic heterocycles. The zero-order valence-corrected chi connectivity index (χ0v) is 5.88. The average Bonchev–Trinajstić information content (AvgIpc) is 1.81. The van der Waals surface area contributed by atoms with E-state index >= 15 is 0 Å². The summed E-state index contributed by atoms with van der Waals surface area (Å²) in [5.74, 6) is 0. The van der Waals surface area contributed by atoms with E-state index in [9.17, 15) is 0 Å². The highest BCUT2D eigenvalue weighted by Gasteiger charge is 1.79. The Hall–Kier alpha value is -0.730. The molecule has 0 aliphatic rings. The molecule has 0 aromatic carbocycles. The minimum atomic E-state index is 0. The van der Waals surface area contributed by atoms with Gasteiger partial charge in [0.2, 0.25) is 0 Å². The Morgan fingerprint density at radius 2 is 2.11 bits per heavy atom. The summed E-state index contributed by atoms with van der Waals surface area (Å²) in [6.07, 6.45) is 3.38. The number of nitrogens with zero attached hydrogens (tertiary/aromatic N) is 3. The fraction of sp³-hybridized carbons (Fsp3) is 1.00. The summed E-state index contributed by atoms with van der Waals surface area (Å²) in [6.45, 7) is 2.78. The lowest BCUT2D eigenvalue weighted by Crippen LogP contribution is -1.76. The van der Waals surface area contributed by atoms with Crippen molar-refractivity contribution in [3.05, 3.63) is 10.4 Å². The van der Waals surface area contributed by atoms with Crippen LogP contribution in [0.25, 0.3) is 10.4 Å². The molecule has 0 amide bonds. The van der Waals surface area contributed by atoms with Gasteiger partial charge in [-0.3, -0.25) is 0 Å². The topological polar surface area (TPSA) is 83.8 Å². The van der Waals surface area contributed by atoms with Crippen molar-refractivity contribution in [2.24, 2.45) is 5.11 Å². The van der Waals surface area contributed by atoms with Crippen molar-refractivity contribution in [2.75, 3.05) is 6.54 Å². The predicted molar refractivity (Wildman–Crippen MR) is 38.6 cm³/mol. The van der Waals surface area contributed by atoms with Crippen LogP contribution in [0.4, 0.5) is 0 Å². The molecule has 0 fully saturated rings. The van der Waals surface area contributed by atoms with E-state index in [1.165, 1.54) is 12.8 Å². The second kappa shape index (κ2) is 10.3. The van der Waals surface area contributed by atoms with Crippen molar-refractivity contribution >= 4 is 0 Å². The Labute approximate surface area is 55.5 Å². The zero-order valence-electron chi connectivity index (χ0n) is 5.88. The Morgan fingerprint density at radius 1 is 1.44 bits per heavy atom. The molecule has 9 heavy (non-hydrogen) atoms. The first kappa shape index (κ1) is 11.1. The molecule has 0 rings (SSSR count). The summed E-state index contributed by atoms with van der Waals surface area (Å²) in [5.41, 5.74) is 7.82. The summed E-state index contributed by atoms with van der Waals surface area (Å²) in [6, 6.07) is 0. The quantitative estimate of drug-likeness (QED) is 0.270. The minimum absolute atomic E-state index is 0. The maximum Gasteiger partial charge on any atom is 0.0257 e. The maximum absolute atomic E-state index is 7.82. The van der Waals surface area contributed by atoms with E-state index in [0.717, 1.165) is 6.42 Å². The molecule has 0 saturated carbocycles. The van der Waals surface area contributed by atoms with Crippen molar-refractivity contribution in [3.8, 4) is 0 Å². The minimum Gasteiger partial charge on any atom is -0.344 e. The van der Waals surface area contributed by atoms with Crippen LogP contribution in [-0.2, 0) is 0 Å². The van der Waals surface area contributed by atoms with Crippen LogP contribution in [0.3, 0.4) is 0 Å². The van der Waals surface area contributed by atoms with Crippen LogP contribution in [-0.4, -0.2) is 6.54 Å². The second-order valence-corrected chi connectivity index (χ2v) is 1.66. The molecule has 0 saturated heterocycles. The first-order chi connectivity index (χ1) is 3.91. The molecular formula is C5H14N4. The summed E-state index contributed by atoms with van der Waals surface area (Å²) in [7, 11) is 0. The van der Waals surface area contributed by atoms with Gasteiger partial charge < -0.3 is 6.15 Å². The molecule has 0 spiro atoms. The van der Waals surface area contributed by atoms with Crippen LogP contribution in [0.2, 0.25) is 0 Å². The molecular weight excluding hydrogens is 116 g/mol. The van der Waals surface area contributed by atoms with Crippen LogP contribution < -0.4 is 6.15 Å². The van der Waals surface area contributed by atoms with E-state index in [1.54, 1.807) is 0 Å². The van der Waals surface area contributed by atoms with Crippen LogP contribution in [0, 0.1) is 0 Å². The van der Waals surface area contributed by atoms with Crippen molar-refractivity contribution in [1.82, 2.24) is 6.15 Å². The molecule has 3 N–H and O–H groups in total. The van der Waals surface area contributed by atoms with Crippen molar-refractivity contribution in [2.45, 2.75) is 26.2 Å². The number of hydrogen-bond acceptors (Lipinski definition) is 2. The second-order valence-electron chi connectivity index (χ2n) is 1.66. The average molecular weight is 130 g/mol. The van der Waals surface area contributed by atoms with Gasteiger partial charge in [-0.25, -0.2) is 0 Å². The molecule has 0 aliphatic carbocycles. The molecule has 0 unspecified atom stereocenters. The molecule has 54 valence electrons. The van der Waals surface area contributed by atoms with Crippen LogP contribution in [0.15, 0.2) is 5.11 Å². The normalized spacial score (nSPS) is 7.22. The van der Waals surface area contributed by atoms with E-state index in [1.807, 2.05) is 0 Å². The van der Waals surface area contributed by atoms with E-state index in [0.29, 0.717) is 6.54 Å². The van der Waals surface area contributed by atoms with Gasteiger partial charge in [-0.15, -0.1) is 0 Å². The molecule has 4 heteroatoms. The van der Waals surface area contributed by atoms with Crippen molar-refractivity contribution in [1.29, 1.82) is 0 Å². The summed E-state index contributed by atoms with van der Waals surface area (Å²) in [5, 5.41) is 3.39. The van der Waals surface area contributed by atoms with Gasteiger partial charge in [-0.1, -0.05) is 24.9 Å². The first-order valence-electron chi connectivity index (χ1n) is 2.92. The van der Waals surface area contributed by atoms with Gasteiger partial charge in [0.15, 0.2) is 0 Å². The highest BCUT2D eigenvalue weighted by atomic mass is 15.1. The Morgan fingerprint density at radius 3 is 2.56 bits per heavy atom. The molecule has 0 aromatic heterocycles. The molecule has 0 bridgehead atoms. The highest BCUT2D eigenvalue weighted by molar-refractivity contribution is 4.45. The van der Waals surface area contributed by atoms with Gasteiger partial charge in [0.05, 0.1) is 0 Å². The number of rotatable bonds is 4. The van der Waals surface area contributed by atoms with Crippen LogP contribution in [0.5, 0.6) is 0 Å². The SMILES string of the molecule is CCCCCN=[N+]=[N-].N. The standard InChI is InChI=1S/C5H11N3.H3N/c1-2-3-4-5-7-8-6;/h2-5H2,1H3;1H3. The summed E-state index contributed by atoms with van der Waals surface area (Å²) in [4.78, 5) is 2.63. The highest BCUT2D eigenvalue weighted by Crippen LogP contribution is 1.92. The summed E-state index contributed by atoms with van der Waals surface area (Å²) >= 11 is 0. The lowest BCUT2D eigenvalue weighted by atomic mass is 10.3. The van der Waals surface area contributed by atoms with Crippen molar-refractivity contribution < 1.29 is 0 Å². The fourth-order valence-corrected chi connectivity index (χ4v) is 0.477. The van der Waals surface area contributed by atoms with Crippen LogP contribution in [0.1, 0.15) is 26.2 Å².